The number of rotatable bonds is 5. The van der Waals surface area contributed by atoms with E-state index in [-0.39, 0.29) is 5.91 Å². The fourth-order valence-corrected chi connectivity index (χ4v) is 4.32. The van der Waals surface area contributed by atoms with Crippen LogP contribution in [0.25, 0.3) is 0 Å². The van der Waals surface area contributed by atoms with Crippen molar-refractivity contribution in [1.82, 2.24) is 4.98 Å². The van der Waals surface area contributed by atoms with E-state index in [1.165, 1.54) is 41.6 Å². The highest BCUT2D eigenvalue weighted by molar-refractivity contribution is 8.00. The third-order valence-electron chi connectivity index (χ3n) is 3.77. The topological polar surface area (TPSA) is 51.2 Å². The molecular weight excluding hydrogens is 328 g/mol. The Labute approximate surface area is 144 Å². The van der Waals surface area contributed by atoms with Crippen LogP contribution >= 0.6 is 23.1 Å². The van der Waals surface area contributed by atoms with Gasteiger partial charge in [-0.05, 0) is 49.9 Å². The molecule has 1 N–H and O–H groups in total. The molecular formula is C17H20N2O2S2. The van der Waals surface area contributed by atoms with Gasteiger partial charge in [-0.25, -0.2) is 4.98 Å². The van der Waals surface area contributed by atoms with Crippen LogP contribution in [0.3, 0.4) is 0 Å². The number of ether oxygens (including phenoxy) is 1. The van der Waals surface area contributed by atoms with Crippen LogP contribution in [0.1, 0.15) is 29.8 Å². The van der Waals surface area contributed by atoms with Crippen molar-refractivity contribution in [1.29, 1.82) is 0 Å². The summed E-state index contributed by atoms with van der Waals surface area (Å²) in [4.78, 5) is 19.1. The molecule has 1 aliphatic rings. The molecule has 4 nitrogen and oxygen atoms in total. The molecule has 0 saturated carbocycles. The SMILES string of the molecule is COc1ccc(SCC(=O)Nc2nc3c(s2)CCCCC3)cc1. The summed E-state index contributed by atoms with van der Waals surface area (Å²) in [7, 11) is 1.64. The molecule has 122 valence electrons. The number of nitrogens with one attached hydrogen (secondary N) is 1. The van der Waals surface area contributed by atoms with Crippen molar-refractivity contribution in [3.8, 4) is 5.75 Å². The lowest BCUT2D eigenvalue weighted by Gasteiger charge is -2.04. The molecule has 1 amide bonds. The second-order valence-electron chi connectivity index (χ2n) is 5.46. The predicted molar refractivity (Wildman–Crippen MR) is 95.7 cm³/mol. The second kappa shape index (κ2) is 7.84. The van der Waals surface area contributed by atoms with E-state index in [2.05, 4.69) is 10.3 Å². The Balaban J connectivity index is 1.52. The molecule has 0 bridgehead atoms. The summed E-state index contributed by atoms with van der Waals surface area (Å²) in [6, 6.07) is 7.72. The lowest BCUT2D eigenvalue weighted by atomic mass is 10.2. The third-order valence-corrected chi connectivity index (χ3v) is 5.86. The smallest absolute Gasteiger partial charge is 0.236 e. The molecule has 0 atom stereocenters. The number of amides is 1. The minimum atomic E-state index is -0.00488. The number of aromatic nitrogens is 1. The number of thiazole rings is 1. The van der Waals surface area contributed by atoms with Gasteiger partial charge in [-0.1, -0.05) is 6.42 Å². The zero-order chi connectivity index (χ0) is 16.1. The number of aryl methyl sites for hydroxylation is 2. The van der Waals surface area contributed by atoms with Crippen molar-refractivity contribution in [2.24, 2.45) is 0 Å². The summed E-state index contributed by atoms with van der Waals surface area (Å²) in [5, 5.41) is 3.68. The van der Waals surface area contributed by atoms with E-state index in [0.29, 0.717) is 5.75 Å². The number of carbonyl (C=O) groups excluding carboxylic acids is 1. The number of anilines is 1. The molecule has 1 heterocycles. The third kappa shape index (κ3) is 4.48. The molecule has 1 aromatic heterocycles. The average Bonchev–Trinajstić information content (AvgIpc) is 2.81. The first-order chi connectivity index (χ1) is 11.2. The highest BCUT2D eigenvalue weighted by Crippen LogP contribution is 2.29. The van der Waals surface area contributed by atoms with Crippen molar-refractivity contribution in [2.75, 3.05) is 18.2 Å². The van der Waals surface area contributed by atoms with Gasteiger partial charge in [0.25, 0.3) is 0 Å². The lowest BCUT2D eigenvalue weighted by molar-refractivity contribution is -0.113. The van der Waals surface area contributed by atoms with E-state index in [1.807, 2.05) is 24.3 Å². The van der Waals surface area contributed by atoms with Crippen LogP contribution in [0.2, 0.25) is 0 Å². The van der Waals surface area contributed by atoms with Crippen molar-refractivity contribution in [3.63, 3.8) is 0 Å². The second-order valence-corrected chi connectivity index (χ2v) is 7.59. The summed E-state index contributed by atoms with van der Waals surface area (Å²) in [5.74, 6) is 1.20. The maximum absolute atomic E-state index is 12.1. The van der Waals surface area contributed by atoms with Crippen LogP contribution in [0.15, 0.2) is 29.2 Å². The maximum Gasteiger partial charge on any atom is 0.236 e. The first-order valence-corrected chi connectivity index (χ1v) is 9.60. The van der Waals surface area contributed by atoms with Gasteiger partial charge < -0.3 is 10.1 Å². The monoisotopic (exact) mass is 348 g/mol. The van der Waals surface area contributed by atoms with Gasteiger partial charge in [0.2, 0.25) is 5.91 Å². The van der Waals surface area contributed by atoms with Gasteiger partial charge in [0.05, 0.1) is 18.6 Å². The summed E-state index contributed by atoms with van der Waals surface area (Å²) >= 11 is 3.15. The first kappa shape index (κ1) is 16.3. The van der Waals surface area contributed by atoms with Crippen LogP contribution in [-0.2, 0) is 17.6 Å². The van der Waals surface area contributed by atoms with Gasteiger partial charge >= 0.3 is 0 Å². The lowest BCUT2D eigenvalue weighted by Crippen LogP contribution is -2.13. The molecule has 23 heavy (non-hydrogen) atoms. The normalized spacial score (nSPS) is 14.0. The van der Waals surface area contributed by atoms with Crippen LogP contribution < -0.4 is 10.1 Å². The van der Waals surface area contributed by atoms with Crippen LogP contribution in [-0.4, -0.2) is 23.8 Å². The Morgan fingerprint density at radius 2 is 2.04 bits per heavy atom. The number of benzene rings is 1. The summed E-state index contributed by atoms with van der Waals surface area (Å²) in [6.45, 7) is 0. The Morgan fingerprint density at radius 1 is 1.26 bits per heavy atom. The minimum Gasteiger partial charge on any atom is -0.497 e. The molecule has 3 rings (SSSR count). The van der Waals surface area contributed by atoms with E-state index in [4.69, 9.17) is 4.74 Å². The van der Waals surface area contributed by atoms with Crippen LogP contribution in [0.5, 0.6) is 5.75 Å². The quantitative estimate of drug-likeness (QED) is 0.651. The van der Waals surface area contributed by atoms with Gasteiger partial charge in [-0.3, -0.25) is 4.79 Å². The number of nitrogens with zero attached hydrogens (tertiary/aromatic N) is 1. The Hall–Kier alpha value is -1.53. The van der Waals surface area contributed by atoms with Crippen molar-refractivity contribution < 1.29 is 9.53 Å². The van der Waals surface area contributed by atoms with E-state index in [1.54, 1.807) is 18.4 Å². The Kier molecular flexibility index (Phi) is 5.56. The first-order valence-electron chi connectivity index (χ1n) is 7.80. The number of hydrogen-bond acceptors (Lipinski definition) is 5. The molecule has 0 radical (unpaired) electrons. The molecule has 1 aliphatic carbocycles. The fraction of sp³-hybridized carbons (Fsp3) is 0.412. The number of thioether (sulfide) groups is 1. The Morgan fingerprint density at radius 3 is 2.83 bits per heavy atom. The molecule has 0 saturated heterocycles. The molecule has 1 aromatic carbocycles. The van der Waals surface area contributed by atoms with Crippen LogP contribution in [0.4, 0.5) is 5.13 Å². The van der Waals surface area contributed by atoms with Crippen molar-refractivity contribution in [2.45, 2.75) is 37.0 Å². The molecule has 6 heteroatoms. The minimum absolute atomic E-state index is 0.00488. The molecule has 0 unspecified atom stereocenters. The highest BCUT2D eigenvalue weighted by atomic mass is 32.2. The molecule has 0 aliphatic heterocycles. The van der Waals surface area contributed by atoms with E-state index < -0.39 is 0 Å². The van der Waals surface area contributed by atoms with E-state index in [0.717, 1.165) is 28.6 Å². The molecule has 0 fully saturated rings. The van der Waals surface area contributed by atoms with Gasteiger partial charge in [-0.15, -0.1) is 23.1 Å². The number of hydrogen-bond donors (Lipinski definition) is 1. The average molecular weight is 348 g/mol. The maximum atomic E-state index is 12.1. The van der Waals surface area contributed by atoms with Gasteiger partial charge in [0.15, 0.2) is 5.13 Å². The largest absolute Gasteiger partial charge is 0.497 e. The van der Waals surface area contributed by atoms with Gasteiger partial charge in [-0.2, -0.15) is 0 Å². The number of carbonyl (C=O) groups is 1. The summed E-state index contributed by atoms with van der Waals surface area (Å²) in [5.41, 5.74) is 1.19. The highest BCUT2D eigenvalue weighted by Gasteiger charge is 2.15. The predicted octanol–water partition coefficient (Wildman–Crippen LogP) is 4.15. The molecule has 0 spiro atoms. The van der Waals surface area contributed by atoms with Crippen LogP contribution in [0, 0.1) is 0 Å². The number of fused-ring (bicyclic) bond motifs is 1. The summed E-state index contributed by atoms with van der Waals surface area (Å²) < 4.78 is 5.13. The van der Waals surface area contributed by atoms with Crippen molar-refractivity contribution >= 4 is 34.1 Å². The fourth-order valence-electron chi connectivity index (χ4n) is 2.56. The van der Waals surface area contributed by atoms with Gasteiger partial charge in [0, 0.05) is 9.77 Å². The standard InChI is InChI=1S/C17H20N2O2S2/c1-21-12-7-9-13(10-8-12)22-11-16(20)19-17-18-14-5-3-2-4-6-15(14)23-17/h7-10H,2-6,11H2,1H3,(H,18,19,20). The van der Waals surface area contributed by atoms with E-state index >= 15 is 0 Å². The molecule has 2 aromatic rings. The zero-order valence-electron chi connectivity index (χ0n) is 13.1. The van der Waals surface area contributed by atoms with Crippen molar-refractivity contribution in [3.05, 3.63) is 34.8 Å². The number of methoxy groups -OCH3 is 1. The Bertz CT molecular complexity index is 644. The summed E-state index contributed by atoms with van der Waals surface area (Å²) in [6.07, 6.45) is 5.86. The zero-order valence-corrected chi connectivity index (χ0v) is 14.8. The van der Waals surface area contributed by atoms with Gasteiger partial charge in [0.1, 0.15) is 5.75 Å². The van der Waals surface area contributed by atoms with E-state index in [9.17, 15) is 4.79 Å².